The van der Waals surface area contributed by atoms with E-state index < -0.39 is 12.1 Å². The first-order valence-corrected chi connectivity index (χ1v) is 8.63. The van der Waals surface area contributed by atoms with Gasteiger partial charge in [0.1, 0.15) is 6.07 Å². The molecule has 9 nitrogen and oxygen atoms in total. The first-order chi connectivity index (χ1) is 12.6. The number of rotatable bonds is 14. The van der Waals surface area contributed by atoms with E-state index in [4.69, 9.17) is 38.4 Å². The van der Waals surface area contributed by atoms with Gasteiger partial charge in [0.25, 0.3) is 0 Å². The Bertz CT molecular complexity index is 571. The molecule has 1 aromatic heterocycles. The Balaban J connectivity index is 2.71. The number of nitrogens with zero attached hydrogens (tertiary/aromatic N) is 1. The van der Waals surface area contributed by atoms with Crippen molar-refractivity contribution in [3.8, 4) is 17.6 Å². The van der Waals surface area contributed by atoms with Crippen molar-refractivity contribution in [1.82, 2.24) is 0 Å². The van der Waals surface area contributed by atoms with Gasteiger partial charge in [0.15, 0.2) is 36.1 Å². The van der Waals surface area contributed by atoms with Gasteiger partial charge in [0.05, 0.1) is 26.4 Å². The van der Waals surface area contributed by atoms with Crippen molar-refractivity contribution in [2.75, 3.05) is 54.2 Å². The van der Waals surface area contributed by atoms with E-state index in [1.807, 2.05) is 6.07 Å². The molecule has 0 aliphatic carbocycles. The molecule has 0 N–H and O–H groups in total. The van der Waals surface area contributed by atoms with Gasteiger partial charge >= 0.3 is 5.97 Å². The molecule has 0 aliphatic heterocycles. The minimum atomic E-state index is -0.878. The van der Waals surface area contributed by atoms with Gasteiger partial charge in [-0.15, -0.1) is 11.3 Å². The average Bonchev–Trinajstić information content (AvgIpc) is 3.04. The van der Waals surface area contributed by atoms with Crippen LogP contribution < -0.4 is 9.47 Å². The van der Waals surface area contributed by atoms with Gasteiger partial charge < -0.3 is 33.2 Å². The lowest BCUT2D eigenvalue weighted by molar-refractivity contribution is -0.0208. The molecule has 0 bridgehead atoms. The first-order valence-electron chi connectivity index (χ1n) is 7.75. The third-order valence-corrected chi connectivity index (χ3v) is 3.73. The van der Waals surface area contributed by atoms with Crippen molar-refractivity contribution in [2.45, 2.75) is 13.0 Å². The highest BCUT2D eigenvalue weighted by molar-refractivity contribution is 7.12. The van der Waals surface area contributed by atoms with E-state index in [1.165, 1.54) is 6.92 Å². The number of esters is 1. The van der Waals surface area contributed by atoms with Crippen molar-refractivity contribution in [1.29, 1.82) is 5.26 Å². The number of ether oxygens (including phenoxy) is 7. The Morgan fingerprint density at radius 3 is 2.31 bits per heavy atom. The van der Waals surface area contributed by atoms with Gasteiger partial charge in [0, 0.05) is 19.6 Å². The lowest BCUT2D eigenvalue weighted by Gasteiger charge is -2.12. The molecule has 0 radical (unpaired) electrons. The summed E-state index contributed by atoms with van der Waals surface area (Å²) in [6.07, 6.45) is -0.878. The smallest absolute Gasteiger partial charge is 0.353 e. The van der Waals surface area contributed by atoms with Crippen LogP contribution in [0.4, 0.5) is 0 Å². The molecule has 1 heterocycles. The summed E-state index contributed by atoms with van der Waals surface area (Å²) in [6.45, 7) is 2.89. The monoisotopic (exact) mass is 389 g/mol. The maximum atomic E-state index is 12.2. The second kappa shape index (κ2) is 13.3. The predicted molar refractivity (Wildman–Crippen MR) is 91.5 cm³/mol. The number of carbonyl (C=O) groups is 1. The Labute approximate surface area is 156 Å². The van der Waals surface area contributed by atoms with E-state index >= 15 is 0 Å². The van der Waals surface area contributed by atoms with E-state index in [0.717, 1.165) is 11.3 Å². The Morgan fingerprint density at radius 1 is 1.12 bits per heavy atom. The molecular weight excluding hydrogens is 366 g/mol. The lowest BCUT2D eigenvalue weighted by atomic mass is 10.4. The molecule has 0 saturated carbocycles. The van der Waals surface area contributed by atoms with Crippen LogP contribution in [0.1, 0.15) is 16.6 Å². The molecule has 1 rings (SSSR count). The molecule has 26 heavy (non-hydrogen) atoms. The maximum absolute atomic E-state index is 12.2. The van der Waals surface area contributed by atoms with E-state index in [-0.39, 0.29) is 24.2 Å². The molecule has 1 unspecified atom stereocenters. The van der Waals surface area contributed by atoms with Crippen molar-refractivity contribution < 1.29 is 38.0 Å². The van der Waals surface area contributed by atoms with Crippen molar-refractivity contribution in [2.24, 2.45) is 0 Å². The Kier molecular flexibility index (Phi) is 11.3. The third-order valence-electron chi connectivity index (χ3n) is 2.81. The summed E-state index contributed by atoms with van der Waals surface area (Å²) < 4.78 is 36.2. The number of carbonyl (C=O) groups excluding carboxylic acids is 1. The quantitative estimate of drug-likeness (QED) is 0.267. The molecule has 0 aromatic carbocycles. The first kappa shape index (κ1) is 22.1. The van der Waals surface area contributed by atoms with Crippen molar-refractivity contribution >= 4 is 17.3 Å². The highest BCUT2D eigenvalue weighted by atomic mass is 32.1. The van der Waals surface area contributed by atoms with Crippen LogP contribution in [0.25, 0.3) is 0 Å². The summed E-state index contributed by atoms with van der Waals surface area (Å²) in [4.78, 5) is 12.4. The summed E-state index contributed by atoms with van der Waals surface area (Å²) in [5.74, 6) is -0.177. The molecule has 146 valence electrons. The second-order valence-corrected chi connectivity index (χ2v) is 5.64. The zero-order valence-electron chi connectivity index (χ0n) is 15.0. The van der Waals surface area contributed by atoms with Crippen LogP contribution in [0.5, 0.6) is 11.5 Å². The fourth-order valence-corrected chi connectivity index (χ4v) is 2.37. The van der Waals surface area contributed by atoms with E-state index in [1.54, 1.807) is 19.6 Å². The fraction of sp³-hybridized carbons (Fsp3) is 0.625. The molecular formula is C16H23NO8S. The topological polar surface area (TPSA) is 105 Å². The van der Waals surface area contributed by atoms with Crippen molar-refractivity contribution in [3.05, 3.63) is 10.3 Å². The molecule has 1 atom stereocenters. The summed E-state index contributed by atoms with van der Waals surface area (Å²) in [6, 6.07) is 1.83. The van der Waals surface area contributed by atoms with Crippen LogP contribution in [0, 0.1) is 11.3 Å². The molecule has 0 fully saturated rings. The van der Waals surface area contributed by atoms with Gasteiger partial charge in [-0.2, -0.15) is 5.26 Å². The van der Waals surface area contributed by atoms with E-state index in [0.29, 0.717) is 32.2 Å². The molecule has 0 amide bonds. The number of hydrogen-bond donors (Lipinski definition) is 0. The SMILES string of the molecule is COCCOCOc1csc(C(=O)OC(C)C#N)c1OCOCCOC. The van der Waals surface area contributed by atoms with Crippen molar-refractivity contribution in [3.63, 3.8) is 0 Å². The van der Waals surface area contributed by atoms with E-state index in [2.05, 4.69) is 0 Å². The van der Waals surface area contributed by atoms with Crippen LogP contribution in [0.2, 0.25) is 0 Å². The van der Waals surface area contributed by atoms with Gasteiger partial charge in [-0.25, -0.2) is 4.79 Å². The van der Waals surface area contributed by atoms with E-state index in [9.17, 15) is 4.79 Å². The number of nitriles is 1. The zero-order valence-corrected chi connectivity index (χ0v) is 15.8. The number of thiophene rings is 1. The fourth-order valence-electron chi connectivity index (χ4n) is 1.56. The summed E-state index contributed by atoms with van der Waals surface area (Å²) in [5, 5.41) is 10.4. The highest BCUT2D eigenvalue weighted by Gasteiger charge is 2.24. The molecule has 10 heteroatoms. The third kappa shape index (κ3) is 7.99. The van der Waals surface area contributed by atoms with Crippen LogP contribution in [-0.4, -0.2) is 66.3 Å². The van der Waals surface area contributed by atoms with Gasteiger partial charge in [0.2, 0.25) is 0 Å². The summed E-state index contributed by atoms with van der Waals surface area (Å²) in [7, 11) is 3.13. The van der Waals surface area contributed by atoms with Crippen LogP contribution in [0.3, 0.4) is 0 Å². The number of methoxy groups -OCH3 is 2. The standard InChI is InChI=1S/C16H23NO8S/c1-12(8-17)25-16(18)15-14(24-11-22-7-5-20-3)13(9-26-15)23-10-21-6-4-19-2/h9,12H,4-7,10-11H2,1-3H3. The summed E-state index contributed by atoms with van der Waals surface area (Å²) >= 11 is 1.08. The normalized spacial score (nSPS) is 11.6. The Morgan fingerprint density at radius 2 is 1.73 bits per heavy atom. The minimum Gasteiger partial charge on any atom is -0.463 e. The van der Waals surface area contributed by atoms with Gasteiger partial charge in [-0.3, -0.25) is 0 Å². The molecule has 0 spiro atoms. The second-order valence-electron chi connectivity index (χ2n) is 4.76. The average molecular weight is 389 g/mol. The predicted octanol–water partition coefficient (Wildman–Crippen LogP) is 1.82. The molecule has 0 aliphatic rings. The summed E-state index contributed by atoms with van der Waals surface area (Å²) in [5.41, 5.74) is 0. The van der Waals surface area contributed by atoms with Gasteiger partial charge in [-0.1, -0.05) is 0 Å². The van der Waals surface area contributed by atoms with Crippen LogP contribution in [0.15, 0.2) is 5.38 Å². The largest absolute Gasteiger partial charge is 0.463 e. The number of hydrogen-bond acceptors (Lipinski definition) is 10. The minimum absolute atomic E-state index is 0.0376. The lowest BCUT2D eigenvalue weighted by Crippen LogP contribution is -2.14. The highest BCUT2D eigenvalue weighted by Crippen LogP contribution is 2.38. The maximum Gasteiger partial charge on any atom is 0.353 e. The Hall–Kier alpha value is -1.90. The van der Waals surface area contributed by atoms with Gasteiger partial charge in [-0.05, 0) is 6.92 Å². The van der Waals surface area contributed by atoms with Crippen LogP contribution >= 0.6 is 11.3 Å². The molecule has 1 aromatic rings. The zero-order chi connectivity index (χ0) is 19.2. The van der Waals surface area contributed by atoms with Crippen LogP contribution in [-0.2, 0) is 23.7 Å². The molecule has 0 saturated heterocycles.